The topological polar surface area (TPSA) is 74.3 Å². The van der Waals surface area contributed by atoms with Gasteiger partial charge in [0.15, 0.2) is 0 Å². The summed E-state index contributed by atoms with van der Waals surface area (Å²) in [6, 6.07) is 8.43. The van der Waals surface area contributed by atoms with Crippen LogP contribution in [0.2, 0.25) is 0 Å². The summed E-state index contributed by atoms with van der Waals surface area (Å²) in [5.41, 5.74) is 1.18. The second-order valence-electron chi connectivity index (χ2n) is 9.56. The van der Waals surface area contributed by atoms with Crippen molar-refractivity contribution in [3.63, 3.8) is 0 Å². The van der Waals surface area contributed by atoms with Crippen molar-refractivity contribution in [2.75, 3.05) is 47.5 Å². The molecule has 182 valence electrons. The quantitative estimate of drug-likeness (QED) is 0.636. The smallest absolute Gasteiger partial charge is 0.239 e. The van der Waals surface area contributed by atoms with Crippen molar-refractivity contribution < 1.29 is 19.1 Å². The Kier molecular flexibility index (Phi) is 7.88. The monoisotopic (exact) mass is 458 g/mol. The first-order valence-corrected chi connectivity index (χ1v) is 12.2. The molecule has 1 N–H and O–H groups in total. The number of nitrogens with one attached hydrogen (secondary N) is 1. The van der Waals surface area contributed by atoms with Crippen LogP contribution in [-0.2, 0) is 20.9 Å². The fourth-order valence-electron chi connectivity index (χ4n) is 5.76. The Labute approximate surface area is 197 Å². The van der Waals surface area contributed by atoms with Crippen LogP contribution in [0.4, 0.5) is 0 Å². The predicted molar refractivity (Wildman–Crippen MR) is 126 cm³/mol. The predicted octanol–water partition coefficient (Wildman–Crippen LogP) is 1.49. The lowest BCUT2D eigenvalue weighted by Crippen LogP contribution is -2.49. The van der Waals surface area contributed by atoms with Crippen molar-refractivity contribution in [2.24, 2.45) is 0 Å². The van der Waals surface area contributed by atoms with Gasteiger partial charge in [-0.3, -0.25) is 19.4 Å². The molecule has 0 spiro atoms. The minimum Gasteiger partial charge on any atom is -0.497 e. The van der Waals surface area contributed by atoms with Gasteiger partial charge < -0.3 is 19.7 Å². The lowest BCUT2D eigenvalue weighted by atomic mass is 10.0. The first-order chi connectivity index (χ1) is 16.0. The van der Waals surface area contributed by atoms with Crippen LogP contribution in [0, 0.1) is 0 Å². The summed E-state index contributed by atoms with van der Waals surface area (Å²) >= 11 is 0. The zero-order valence-electron chi connectivity index (χ0n) is 20.2. The summed E-state index contributed by atoms with van der Waals surface area (Å²) in [7, 11) is 5.48. The number of likely N-dealkylation sites (N-methyl/N-ethyl adjacent to an activating group) is 1. The normalized spacial score (nSPS) is 28.5. The van der Waals surface area contributed by atoms with E-state index in [0.29, 0.717) is 19.6 Å². The average Bonchev–Trinajstić information content (AvgIpc) is 3.43. The van der Waals surface area contributed by atoms with E-state index in [1.54, 1.807) is 14.2 Å². The van der Waals surface area contributed by atoms with Crippen molar-refractivity contribution in [3.8, 4) is 5.75 Å². The van der Waals surface area contributed by atoms with Crippen molar-refractivity contribution >= 4 is 11.8 Å². The zero-order valence-corrected chi connectivity index (χ0v) is 20.2. The van der Waals surface area contributed by atoms with E-state index in [2.05, 4.69) is 34.3 Å². The number of benzene rings is 1. The van der Waals surface area contributed by atoms with Gasteiger partial charge in [0.05, 0.1) is 19.8 Å². The summed E-state index contributed by atoms with van der Waals surface area (Å²) < 4.78 is 10.6. The SMILES string of the molecule is COC[C@H]1CCCN1C(=O)CC[C@H]1CNC(=O)[C@@H]2[C@@H](CCN2Cc2ccc(OC)cc2)N1C. The number of carbonyl (C=O) groups excluding carboxylic acids is 2. The molecule has 33 heavy (non-hydrogen) atoms. The Balaban J connectivity index is 1.36. The number of rotatable bonds is 8. The molecular formula is C25H38N4O4. The van der Waals surface area contributed by atoms with Gasteiger partial charge in [0, 0.05) is 51.8 Å². The van der Waals surface area contributed by atoms with E-state index >= 15 is 0 Å². The maximum Gasteiger partial charge on any atom is 0.239 e. The van der Waals surface area contributed by atoms with Gasteiger partial charge in [-0.25, -0.2) is 0 Å². The number of fused-ring (bicyclic) bond motifs is 1. The highest BCUT2D eigenvalue weighted by Crippen LogP contribution is 2.29. The van der Waals surface area contributed by atoms with Gasteiger partial charge in [-0.2, -0.15) is 0 Å². The number of amides is 2. The molecule has 1 aromatic carbocycles. The molecule has 0 bridgehead atoms. The van der Waals surface area contributed by atoms with E-state index in [1.807, 2.05) is 17.0 Å². The molecular weight excluding hydrogens is 420 g/mol. The van der Waals surface area contributed by atoms with E-state index < -0.39 is 0 Å². The molecule has 3 aliphatic rings. The molecule has 3 aliphatic heterocycles. The molecule has 3 fully saturated rings. The van der Waals surface area contributed by atoms with Gasteiger partial charge in [0.2, 0.25) is 11.8 Å². The highest BCUT2D eigenvalue weighted by Gasteiger charge is 2.45. The van der Waals surface area contributed by atoms with Gasteiger partial charge in [0.1, 0.15) is 11.8 Å². The standard InChI is InChI=1S/C25H38N4O4/c1-27-19(8-11-23(30)29-13-4-5-20(29)17-32-2)15-26-25(31)24-22(27)12-14-28(24)16-18-6-9-21(33-3)10-7-18/h6-7,9-10,19-20,22,24H,4-5,8,11-17H2,1-3H3,(H,26,31)/t19-,20+,22+,24-/m0/s1. The molecule has 0 radical (unpaired) electrons. The summed E-state index contributed by atoms with van der Waals surface area (Å²) in [6.07, 6.45) is 4.29. The highest BCUT2D eigenvalue weighted by molar-refractivity contribution is 5.83. The minimum atomic E-state index is -0.164. The van der Waals surface area contributed by atoms with E-state index in [1.165, 1.54) is 5.56 Å². The minimum absolute atomic E-state index is 0.103. The Morgan fingerprint density at radius 2 is 1.91 bits per heavy atom. The van der Waals surface area contributed by atoms with Gasteiger partial charge in [-0.05, 0) is 50.4 Å². The van der Waals surface area contributed by atoms with Crippen LogP contribution in [-0.4, -0.2) is 98.2 Å². The van der Waals surface area contributed by atoms with Crippen LogP contribution in [0.15, 0.2) is 24.3 Å². The molecule has 8 heteroatoms. The first-order valence-electron chi connectivity index (χ1n) is 12.2. The van der Waals surface area contributed by atoms with Gasteiger partial charge in [-0.1, -0.05) is 12.1 Å². The van der Waals surface area contributed by atoms with Crippen LogP contribution in [0.3, 0.4) is 0 Å². The molecule has 0 saturated carbocycles. The number of carbonyl (C=O) groups is 2. The average molecular weight is 459 g/mol. The van der Waals surface area contributed by atoms with Crippen LogP contribution >= 0.6 is 0 Å². The maximum atomic E-state index is 13.1. The largest absolute Gasteiger partial charge is 0.497 e. The number of methoxy groups -OCH3 is 2. The third-order valence-corrected chi connectivity index (χ3v) is 7.64. The maximum absolute atomic E-state index is 13.1. The fraction of sp³-hybridized carbons (Fsp3) is 0.680. The molecule has 0 unspecified atom stereocenters. The van der Waals surface area contributed by atoms with Crippen molar-refractivity contribution in [2.45, 2.75) is 62.8 Å². The lowest BCUT2D eigenvalue weighted by Gasteiger charge is -2.33. The van der Waals surface area contributed by atoms with Crippen molar-refractivity contribution in [1.29, 1.82) is 0 Å². The van der Waals surface area contributed by atoms with Crippen molar-refractivity contribution in [1.82, 2.24) is 20.0 Å². The molecule has 4 atom stereocenters. The van der Waals surface area contributed by atoms with Crippen LogP contribution in [0.5, 0.6) is 5.75 Å². The molecule has 3 heterocycles. The van der Waals surface area contributed by atoms with E-state index in [0.717, 1.165) is 51.1 Å². The van der Waals surface area contributed by atoms with E-state index in [-0.39, 0.29) is 36.0 Å². The van der Waals surface area contributed by atoms with Gasteiger partial charge >= 0.3 is 0 Å². The Morgan fingerprint density at radius 3 is 2.64 bits per heavy atom. The van der Waals surface area contributed by atoms with E-state index in [4.69, 9.17) is 9.47 Å². The summed E-state index contributed by atoms with van der Waals surface area (Å²) in [5.74, 6) is 1.15. The van der Waals surface area contributed by atoms with E-state index in [9.17, 15) is 9.59 Å². The molecule has 3 saturated heterocycles. The second-order valence-corrected chi connectivity index (χ2v) is 9.56. The lowest BCUT2D eigenvalue weighted by molar-refractivity contribution is -0.133. The summed E-state index contributed by atoms with van der Waals surface area (Å²) in [5, 5.41) is 3.17. The third kappa shape index (κ3) is 5.34. The second kappa shape index (κ2) is 10.8. The number of hydrogen-bond donors (Lipinski definition) is 1. The van der Waals surface area contributed by atoms with Gasteiger partial charge in [-0.15, -0.1) is 0 Å². The summed E-state index contributed by atoms with van der Waals surface area (Å²) in [6.45, 7) is 3.66. The number of likely N-dealkylation sites (tertiary alicyclic amines) is 2. The Hall–Kier alpha value is -2.16. The third-order valence-electron chi connectivity index (χ3n) is 7.64. The molecule has 4 rings (SSSR count). The van der Waals surface area contributed by atoms with Gasteiger partial charge in [0.25, 0.3) is 0 Å². The fourth-order valence-corrected chi connectivity index (χ4v) is 5.76. The number of hydrogen-bond acceptors (Lipinski definition) is 6. The molecule has 1 aromatic rings. The van der Waals surface area contributed by atoms with Crippen LogP contribution in [0.1, 0.15) is 37.7 Å². The zero-order chi connectivity index (χ0) is 23.4. The number of ether oxygens (including phenoxy) is 2. The molecule has 8 nitrogen and oxygen atoms in total. The molecule has 0 aliphatic carbocycles. The Bertz CT molecular complexity index is 817. The number of nitrogens with zero attached hydrogens (tertiary/aromatic N) is 3. The first kappa shape index (κ1) is 24.0. The molecule has 0 aromatic heterocycles. The van der Waals surface area contributed by atoms with Crippen LogP contribution in [0.25, 0.3) is 0 Å². The van der Waals surface area contributed by atoms with Crippen LogP contribution < -0.4 is 10.1 Å². The summed E-state index contributed by atoms with van der Waals surface area (Å²) in [4.78, 5) is 32.6. The van der Waals surface area contributed by atoms with Crippen molar-refractivity contribution in [3.05, 3.63) is 29.8 Å². The Morgan fingerprint density at radius 1 is 1.12 bits per heavy atom. The molecule has 2 amide bonds. The highest BCUT2D eigenvalue weighted by atomic mass is 16.5.